The van der Waals surface area contributed by atoms with Crippen LogP contribution in [0, 0.1) is 5.82 Å². The van der Waals surface area contributed by atoms with E-state index in [4.69, 9.17) is 4.74 Å². The molecule has 0 amide bonds. The number of methoxy groups -OCH3 is 1. The Balaban J connectivity index is 2.61. The zero-order valence-corrected chi connectivity index (χ0v) is 10.7. The fourth-order valence-electron chi connectivity index (χ4n) is 1.31. The number of hydrogen-bond donors (Lipinski definition) is 2. The van der Waals surface area contributed by atoms with Gasteiger partial charge in [-0.2, -0.15) is 0 Å². The Hall–Kier alpha value is -0.620. The summed E-state index contributed by atoms with van der Waals surface area (Å²) in [5.74, 6) is -0.0125. The standard InChI is InChI=1S/C12H17FO3S/c1-3-12(15,11(14)16-2)8-17-10-6-4-9(13)5-7-10/h4-7,11,14-15H,3,8H2,1-2H3. The fourth-order valence-corrected chi connectivity index (χ4v) is 2.40. The third-order valence-electron chi connectivity index (χ3n) is 2.60. The molecule has 1 aromatic rings. The highest BCUT2D eigenvalue weighted by atomic mass is 32.2. The molecule has 1 rings (SSSR count). The van der Waals surface area contributed by atoms with Gasteiger partial charge in [-0.1, -0.05) is 6.92 Å². The molecule has 0 fully saturated rings. The molecule has 17 heavy (non-hydrogen) atoms. The topological polar surface area (TPSA) is 49.7 Å². The van der Waals surface area contributed by atoms with E-state index >= 15 is 0 Å². The molecule has 2 atom stereocenters. The average molecular weight is 260 g/mol. The predicted octanol–water partition coefficient (Wildman–Crippen LogP) is 2.02. The lowest BCUT2D eigenvalue weighted by Gasteiger charge is -2.30. The molecule has 0 aromatic heterocycles. The number of rotatable bonds is 6. The van der Waals surface area contributed by atoms with Crippen molar-refractivity contribution in [3.63, 3.8) is 0 Å². The van der Waals surface area contributed by atoms with Crippen LogP contribution in [0.2, 0.25) is 0 Å². The summed E-state index contributed by atoms with van der Waals surface area (Å²) in [4.78, 5) is 0.835. The Morgan fingerprint density at radius 1 is 1.41 bits per heavy atom. The van der Waals surface area contributed by atoms with Crippen molar-refractivity contribution in [1.82, 2.24) is 0 Å². The van der Waals surface area contributed by atoms with Crippen molar-refractivity contribution >= 4 is 11.8 Å². The van der Waals surface area contributed by atoms with Gasteiger partial charge in [-0.3, -0.25) is 0 Å². The number of ether oxygens (including phenoxy) is 1. The molecule has 0 saturated carbocycles. The summed E-state index contributed by atoms with van der Waals surface area (Å²) in [5.41, 5.74) is -1.30. The summed E-state index contributed by atoms with van der Waals surface area (Å²) >= 11 is 1.35. The Bertz CT molecular complexity index is 344. The molecule has 0 aliphatic carbocycles. The van der Waals surface area contributed by atoms with Crippen molar-refractivity contribution in [1.29, 1.82) is 0 Å². The molecule has 0 bridgehead atoms. The van der Waals surface area contributed by atoms with Gasteiger partial charge < -0.3 is 14.9 Å². The van der Waals surface area contributed by atoms with Gasteiger partial charge in [0.05, 0.1) is 0 Å². The molecule has 96 valence electrons. The van der Waals surface area contributed by atoms with Gasteiger partial charge in [-0.25, -0.2) is 4.39 Å². The highest BCUT2D eigenvalue weighted by Gasteiger charge is 2.34. The first-order valence-electron chi connectivity index (χ1n) is 5.33. The third kappa shape index (κ3) is 3.96. The zero-order valence-electron chi connectivity index (χ0n) is 9.89. The molecule has 0 spiro atoms. The molecular formula is C12H17FO3S. The average Bonchev–Trinajstić information content (AvgIpc) is 2.36. The second kappa shape index (κ2) is 6.35. The zero-order chi connectivity index (χ0) is 12.9. The first kappa shape index (κ1) is 14.4. The molecule has 1 aromatic carbocycles. The lowest BCUT2D eigenvalue weighted by Crippen LogP contribution is -2.45. The minimum Gasteiger partial charge on any atom is -0.384 e. The van der Waals surface area contributed by atoms with Gasteiger partial charge in [-0.05, 0) is 30.7 Å². The molecule has 2 unspecified atom stereocenters. The number of hydrogen-bond acceptors (Lipinski definition) is 4. The van der Waals surface area contributed by atoms with Gasteiger partial charge >= 0.3 is 0 Å². The SMILES string of the molecule is CCC(O)(CSc1ccc(F)cc1)C(O)OC. The summed E-state index contributed by atoms with van der Waals surface area (Å²) in [6, 6.07) is 5.99. The summed E-state index contributed by atoms with van der Waals surface area (Å²) in [6.07, 6.45) is -0.851. The normalized spacial score (nSPS) is 16.5. The smallest absolute Gasteiger partial charge is 0.184 e. The van der Waals surface area contributed by atoms with Crippen LogP contribution >= 0.6 is 11.8 Å². The number of aliphatic hydroxyl groups is 2. The molecule has 0 radical (unpaired) electrons. The van der Waals surface area contributed by atoms with E-state index in [2.05, 4.69) is 0 Å². The Morgan fingerprint density at radius 2 is 2.00 bits per heavy atom. The maximum atomic E-state index is 12.7. The molecule has 0 saturated heterocycles. The van der Waals surface area contributed by atoms with Crippen molar-refractivity contribution in [3.8, 4) is 0 Å². The quantitative estimate of drug-likeness (QED) is 0.607. The van der Waals surface area contributed by atoms with Crippen molar-refractivity contribution < 1.29 is 19.3 Å². The summed E-state index contributed by atoms with van der Waals surface area (Å²) in [6.45, 7) is 1.77. The first-order chi connectivity index (χ1) is 8.01. The first-order valence-corrected chi connectivity index (χ1v) is 6.32. The maximum Gasteiger partial charge on any atom is 0.184 e. The highest BCUT2D eigenvalue weighted by molar-refractivity contribution is 7.99. The molecular weight excluding hydrogens is 243 g/mol. The van der Waals surface area contributed by atoms with Crippen LogP contribution in [0.5, 0.6) is 0 Å². The van der Waals surface area contributed by atoms with Crippen molar-refractivity contribution in [2.24, 2.45) is 0 Å². The lowest BCUT2D eigenvalue weighted by molar-refractivity contribution is -0.190. The molecule has 0 heterocycles. The van der Waals surface area contributed by atoms with E-state index in [-0.39, 0.29) is 11.6 Å². The second-order valence-electron chi connectivity index (χ2n) is 3.79. The van der Waals surface area contributed by atoms with E-state index < -0.39 is 11.9 Å². The number of halogens is 1. The van der Waals surface area contributed by atoms with Gasteiger partial charge in [0.25, 0.3) is 0 Å². The van der Waals surface area contributed by atoms with Gasteiger partial charge in [0.15, 0.2) is 6.29 Å². The van der Waals surface area contributed by atoms with E-state index in [1.54, 1.807) is 19.1 Å². The summed E-state index contributed by atoms with van der Waals surface area (Å²) in [5, 5.41) is 19.7. The predicted molar refractivity (Wildman–Crippen MR) is 65.4 cm³/mol. The van der Waals surface area contributed by atoms with E-state index in [0.29, 0.717) is 6.42 Å². The Labute approximate surface area is 105 Å². The number of thioether (sulfide) groups is 1. The Morgan fingerprint density at radius 3 is 2.47 bits per heavy atom. The number of aliphatic hydroxyl groups excluding tert-OH is 1. The minimum atomic E-state index is -1.30. The summed E-state index contributed by atoms with van der Waals surface area (Å²) in [7, 11) is 1.34. The van der Waals surface area contributed by atoms with Crippen LogP contribution in [-0.4, -0.2) is 35.0 Å². The van der Waals surface area contributed by atoms with Gasteiger partial charge in [-0.15, -0.1) is 11.8 Å². The van der Waals surface area contributed by atoms with Gasteiger partial charge in [0.1, 0.15) is 11.4 Å². The van der Waals surface area contributed by atoms with Crippen molar-refractivity contribution in [2.45, 2.75) is 30.1 Å². The van der Waals surface area contributed by atoms with Crippen molar-refractivity contribution in [2.75, 3.05) is 12.9 Å². The van der Waals surface area contributed by atoms with E-state index in [1.165, 1.54) is 31.0 Å². The molecule has 0 aliphatic rings. The molecule has 0 aliphatic heterocycles. The van der Waals surface area contributed by atoms with Crippen LogP contribution in [-0.2, 0) is 4.74 Å². The Kier molecular flexibility index (Phi) is 5.39. The van der Waals surface area contributed by atoms with Crippen LogP contribution in [0.15, 0.2) is 29.2 Å². The molecule has 5 heteroatoms. The van der Waals surface area contributed by atoms with E-state index in [0.717, 1.165) is 4.90 Å². The third-order valence-corrected chi connectivity index (χ3v) is 3.85. The fraction of sp³-hybridized carbons (Fsp3) is 0.500. The highest BCUT2D eigenvalue weighted by Crippen LogP contribution is 2.27. The largest absolute Gasteiger partial charge is 0.384 e. The van der Waals surface area contributed by atoms with Crippen LogP contribution < -0.4 is 0 Å². The van der Waals surface area contributed by atoms with Gasteiger partial charge in [0, 0.05) is 17.8 Å². The molecule has 3 nitrogen and oxygen atoms in total. The van der Waals surface area contributed by atoms with E-state index in [1.807, 2.05) is 0 Å². The van der Waals surface area contributed by atoms with Crippen LogP contribution in [0.25, 0.3) is 0 Å². The van der Waals surface area contributed by atoms with Crippen LogP contribution in [0.3, 0.4) is 0 Å². The van der Waals surface area contributed by atoms with Crippen LogP contribution in [0.4, 0.5) is 4.39 Å². The van der Waals surface area contributed by atoms with Crippen molar-refractivity contribution in [3.05, 3.63) is 30.1 Å². The monoisotopic (exact) mass is 260 g/mol. The van der Waals surface area contributed by atoms with Crippen LogP contribution in [0.1, 0.15) is 13.3 Å². The molecule has 2 N–H and O–H groups in total. The number of benzene rings is 1. The van der Waals surface area contributed by atoms with Gasteiger partial charge in [0.2, 0.25) is 0 Å². The summed E-state index contributed by atoms with van der Waals surface area (Å²) < 4.78 is 17.4. The maximum absolute atomic E-state index is 12.7. The lowest BCUT2D eigenvalue weighted by atomic mass is 10.0. The van der Waals surface area contributed by atoms with E-state index in [9.17, 15) is 14.6 Å². The minimum absolute atomic E-state index is 0.282. The second-order valence-corrected chi connectivity index (χ2v) is 4.84.